The molecular weight excluding hydrogens is 321 g/mol. The van der Waals surface area contributed by atoms with Gasteiger partial charge in [-0.1, -0.05) is 22.0 Å². The fourth-order valence-electron chi connectivity index (χ4n) is 1.51. The maximum atomic E-state index is 13.0. The Hall–Kier alpha value is -1.47. The number of aliphatic hydroxyl groups excluding tert-OH is 1. The summed E-state index contributed by atoms with van der Waals surface area (Å²) in [5.74, 6) is -1.25. The fourth-order valence-corrected chi connectivity index (χ4v) is 2.10. The maximum Gasteiger partial charge on any atom is 0.331 e. The number of carbonyl (C=O) groups excluding carboxylic acids is 2. The monoisotopic (exact) mass is 333 g/mol. The highest BCUT2D eigenvalue weighted by atomic mass is 79.9. The molecule has 0 fully saturated rings. The van der Waals surface area contributed by atoms with Crippen LogP contribution in [0.5, 0.6) is 0 Å². The Morgan fingerprint density at radius 3 is 2.84 bits per heavy atom. The molecule has 1 rings (SSSR count). The van der Waals surface area contributed by atoms with Crippen molar-refractivity contribution < 1.29 is 23.8 Å². The van der Waals surface area contributed by atoms with E-state index in [1.54, 1.807) is 6.92 Å². The van der Waals surface area contributed by atoms with E-state index in [0.29, 0.717) is 10.9 Å². The van der Waals surface area contributed by atoms with Crippen LogP contribution in [0.4, 0.5) is 4.39 Å². The van der Waals surface area contributed by atoms with Gasteiger partial charge in [0, 0.05) is 4.47 Å². The third-order valence-electron chi connectivity index (χ3n) is 2.39. The lowest BCUT2D eigenvalue weighted by atomic mass is 10.0. The van der Waals surface area contributed by atoms with Crippen molar-refractivity contribution in [2.75, 3.05) is 6.61 Å². The molecule has 0 spiro atoms. The van der Waals surface area contributed by atoms with Crippen LogP contribution >= 0.6 is 15.9 Å². The molecule has 104 valence electrons. The van der Waals surface area contributed by atoms with Crippen molar-refractivity contribution in [3.8, 4) is 0 Å². The van der Waals surface area contributed by atoms with Gasteiger partial charge in [0.2, 0.25) is 6.41 Å². The summed E-state index contributed by atoms with van der Waals surface area (Å²) in [4.78, 5) is 22.1. The second kappa shape index (κ2) is 7.20. The molecule has 0 heterocycles. The Kier molecular flexibility index (Phi) is 5.91. The lowest BCUT2D eigenvalue weighted by Gasteiger charge is -2.21. The van der Waals surface area contributed by atoms with Crippen LogP contribution in [0.2, 0.25) is 0 Å². The van der Waals surface area contributed by atoms with Crippen LogP contribution < -0.4 is 5.32 Å². The first-order chi connectivity index (χ1) is 9.01. The molecule has 1 aromatic rings. The molecule has 5 nitrogen and oxygen atoms in total. The number of carbonyl (C=O) groups is 2. The smallest absolute Gasteiger partial charge is 0.331 e. The predicted octanol–water partition coefficient (Wildman–Crippen LogP) is 1.30. The van der Waals surface area contributed by atoms with Crippen molar-refractivity contribution in [3.63, 3.8) is 0 Å². The maximum absolute atomic E-state index is 13.0. The predicted molar refractivity (Wildman–Crippen MR) is 68.7 cm³/mol. The highest BCUT2D eigenvalue weighted by Gasteiger charge is 2.30. The van der Waals surface area contributed by atoms with Crippen LogP contribution in [0.1, 0.15) is 18.6 Å². The van der Waals surface area contributed by atoms with Gasteiger partial charge in [0.15, 0.2) is 6.04 Å². The second-order valence-electron chi connectivity index (χ2n) is 3.62. The topological polar surface area (TPSA) is 75.6 Å². The molecule has 0 aliphatic carbocycles. The summed E-state index contributed by atoms with van der Waals surface area (Å²) in [7, 11) is 0. The molecule has 0 aliphatic rings. The molecule has 0 saturated heterocycles. The summed E-state index contributed by atoms with van der Waals surface area (Å²) < 4.78 is 18.0. The molecule has 2 atom stereocenters. The van der Waals surface area contributed by atoms with Crippen LogP contribution in [-0.2, 0) is 14.3 Å². The van der Waals surface area contributed by atoms with Crippen LogP contribution in [0.3, 0.4) is 0 Å². The number of nitrogens with one attached hydrogen (secondary N) is 1. The summed E-state index contributed by atoms with van der Waals surface area (Å²) in [5.41, 5.74) is 0.272. The minimum atomic E-state index is -1.35. The lowest BCUT2D eigenvalue weighted by Crippen LogP contribution is -2.42. The van der Waals surface area contributed by atoms with Gasteiger partial charge in [0.25, 0.3) is 0 Å². The minimum Gasteiger partial charge on any atom is -0.464 e. The first-order valence-corrected chi connectivity index (χ1v) is 6.29. The largest absolute Gasteiger partial charge is 0.464 e. The van der Waals surface area contributed by atoms with Gasteiger partial charge in [0.05, 0.1) is 6.61 Å². The molecule has 2 unspecified atom stereocenters. The van der Waals surface area contributed by atoms with Gasteiger partial charge in [-0.3, -0.25) is 4.79 Å². The number of esters is 1. The molecule has 0 aromatic heterocycles. The molecule has 19 heavy (non-hydrogen) atoms. The number of rotatable bonds is 6. The van der Waals surface area contributed by atoms with E-state index in [4.69, 9.17) is 4.74 Å². The van der Waals surface area contributed by atoms with Gasteiger partial charge < -0.3 is 15.2 Å². The molecule has 0 bridgehead atoms. The Morgan fingerprint density at radius 2 is 2.32 bits per heavy atom. The molecular formula is C12H13BrFNO4. The van der Waals surface area contributed by atoms with E-state index in [0.717, 1.165) is 12.1 Å². The Bertz CT molecular complexity index is 469. The van der Waals surface area contributed by atoms with Crippen molar-refractivity contribution in [1.82, 2.24) is 5.32 Å². The Balaban J connectivity index is 3.01. The summed E-state index contributed by atoms with van der Waals surface area (Å²) in [5, 5.41) is 12.3. The number of benzene rings is 1. The van der Waals surface area contributed by atoms with Gasteiger partial charge in [-0.15, -0.1) is 0 Å². The van der Waals surface area contributed by atoms with Crippen molar-refractivity contribution in [2.24, 2.45) is 0 Å². The molecule has 2 N–H and O–H groups in total. The van der Waals surface area contributed by atoms with Gasteiger partial charge in [0.1, 0.15) is 11.9 Å². The van der Waals surface area contributed by atoms with E-state index in [1.807, 2.05) is 0 Å². The number of ether oxygens (including phenoxy) is 1. The lowest BCUT2D eigenvalue weighted by molar-refractivity contribution is -0.149. The second-order valence-corrected chi connectivity index (χ2v) is 4.48. The van der Waals surface area contributed by atoms with Gasteiger partial charge in [-0.2, -0.15) is 0 Å². The molecule has 1 amide bonds. The van der Waals surface area contributed by atoms with Crippen LogP contribution in [0.25, 0.3) is 0 Å². The molecule has 0 saturated carbocycles. The van der Waals surface area contributed by atoms with Gasteiger partial charge in [-0.05, 0) is 24.6 Å². The summed E-state index contributed by atoms with van der Waals surface area (Å²) in [6.45, 7) is 1.73. The van der Waals surface area contributed by atoms with E-state index in [1.165, 1.54) is 6.07 Å². The average molecular weight is 334 g/mol. The van der Waals surface area contributed by atoms with E-state index < -0.39 is 23.9 Å². The zero-order valence-corrected chi connectivity index (χ0v) is 11.7. The summed E-state index contributed by atoms with van der Waals surface area (Å²) >= 11 is 3.09. The Morgan fingerprint density at radius 1 is 1.63 bits per heavy atom. The SMILES string of the molecule is CCOC(=O)C(NC=O)C(O)c1ccc(F)cc1Br. The summed E-state index contributed by atoms with van der Waals surface area (Å²) in [6.07, 6.45) is -1.05. The third-order valence-corrected chi connectivity index (χ3v) is 3.07. The first-order valence-electron chi connectivity index (χ1n) is 5.50. The minimum absolute atomic E-state index is 0.118. The first kappa shape index (κ1) is 15.6. The molecule has 0 radical (unpaired) electrons. The fraction of sp³-hybridized carbons (Fsp3) is 0.333. The van der Waals surface area contributed by atoms with E-state index in [-0.39, 0.29) is 12.2 Å². The average Bonchev–Trinajstić information content (AvgIpc) is 2.35. The number of hydrogen-bond acceptors (Lipinski definition) is 4. The molecule has 7 heteroatoms. The standard InChI is InChI=1S/C12H13BrFNO4/c1-2-19-12(18)10(15-6-16)11(17)8-4-3-7(14)5-9(8)13/h3-6,10-11,17H,2H2,1H3,(H,15,16). The quantitative estimate of drug-likeness (QED) is 0.607. The van der Waals surface area contributed by atoms with Crippen molar-refractivity contribution in [1.29, 1.82) is 0 Å². The van der Waals surface area contributed by atoms with Crippen molar-refractivity contribution >= 4 is 28.3 Å². The zero-order chi connectivity index (χ0) is 14.4. The number of aliphatic hydroxyl groups is 1. The van der Waals surface area contributed by atoms with Crippen LogP contribution in [0, 0.1) is 5.82 Å². The van der Waals surface area contributed by atoms with E-state index in [2.05, 4.69) is 21.2 Å². The zero-order valence-electron chi connectivity index (χ0n) is 10.1. The van der Waals surface area contributed by atoms with Gasteiger partial charge in [-0.25, -0.2) is 9.18 Å². The normalized spacial score (nSPS) is 13.5. The molecule has 1 aromatic carbocycles. The number of amides is 1. The highest BCUT2D eigenvalue weighted by molar-refractivity contribution is 9.10. The van der Waals surface area contributed by atoms with Crippen LogP contribution in [-0.4, -0.2) is 30.1 Å². The number of hydrogen-bond donors (Lipinski definition) is 2. The van der Waals surface area contributed by atoms with E-state index >= 15 is 0 Å². The summed E-state index contributed by atoms with van der Waals surface area (Å²) in [6, 6.07) is 2.37. The Labute approximate surface area is 117 Å². The van der Waals surface area contributed by atoms with Crippen molar-refractivity contribution in [2.45, 2.75) is 19.1 Å². The highest BCUT2D eigenvalue weighted by Crippen LogP contribution is 2.27. The van der Waals surface area contributed by atoms with Gasteiger partial charge >= 0.3 is 5.97 Å². The van der Waals surface area contributed by atoms with Crippen molar-refractivity contribution in [3.05, 3.63) is 34.1 Å². The van der Waals surface area contributed by atoms with Crippen LogP contribution in [0.15, 0.2) is 22.7 Å². The molecule has 0 aliphatic heterocycles. The third kappa shape index (κ3) is 4.00. The van der Waals surface area contributed by atoms with E-state index in [9.17, 15) is 19.1 Å². The number of halogens is 2.